The van der Waals surface area contributed by atoms with Gasteiger partial charge in [0.2, 0.25) is 17.7 Å². The third kappa shape index (κ3) is 3.85. The highest BCUT2D eigenvalue weighted by molar-refractivity contribution is 6.02. The van der Waals surface area contributed by atoms with Gasteiger partial charge in [-0.1, -0.05) is 0 Å². The van der Waals surface area contributed by atoms with Crippen molar-refractivity contribution < 1.29 is 19.1 Å². The third-order valence-corrected chi connectivity index (χ3v) is 5.18. The second-order valence-electron chi connectivity index (χ2n) is 7.19. The molecule has 158 valence electrons. The van der Waals surface area contributed by atoms with Gasteiger partial charge in [0.25, 0.3) is 0 Å². The summed E-state index contributed by atoms with van der Waals surface area (Å²) in [6.07, 6.45) is -0.0403. The fraction of sp³-hybridized carbons (Fsp3) is 0.182. The van der Waals surface area contributed by atoms with Crippen molar-refractivity contribution in [1.82, 2.24) is 9.78 Å². The second-order valence-corrected chi connectivity index (χ2v) is 7.19. The molecule has 1 aromatic heterocycles. The first kappa shape index (κ1) is 20.1. The molecule has 3 amide bonds. The maximum absolute atomic E-state index is 13.0. The van der Waals surface area contributed by atoms with E-state index in [0.717, 1.165) is 16.9 Å². The Hall–Kier alpha value is -4.14. The number of carbonyl (C=O) groups is 3. The van der Waals surface area contributed by atoms with Gasteiger partial charge in [0, 0.05) is 22.4 Å². The van der Waals surface area contributed by atoms with Crippen LogP contribution in [-0.4, -0.2) is 34.6 Å². The molecular formula is C22H21N5O4. The van der Waals surface area contributed by atoms with Gasteiger partial charge in [-0.3, -0.25) is 14.4 Å². The van der Waals surface area contributed by atoms with E-state index in [4.69, 9.17) is 10.5 Å². The van der Waals surface area contributed by atoms with Crippen LogP contribution in [0.25, 0.3) is 11.3 Å². The average Bonchev–Trinajstić information content (AvgIpc) is 3.10. The maximum Gasteiger partial charge on any atom is 0.249 e. The van der Waals surface area contributed by atoms with E-state index in [1.165, 1.54) is 12.1 Å². The molecule has 1 atom stereocenters. The number of anilines is 2. The van der Waals surface area contributed by atoms with E-state index in [-0.39, 0.29) is 18.2 Å². The molecule has 0 spiro atoms. The number of hydrogen-bond donors (Lipinski definition) is 3. The molecule has 0 saturated heterocycles. The van der Waals surface area contributed by atoms with E-state index in [0.29, 0.717) is 22.8 Å². The lowest BCUT2D eigenvalue weighted by Gasteiger charge is -2.24. The normalized spacial score (nSPS) is 15.0. The number of amides is 3. The zero-order valence-electron chi connectivity index (χ0n) is 17.0. The highest BCUT2D eigenvalue weighted by atomic mass is 16.5. The second kappa shape index (κ2) is 7.94. The van der Waals surface area contributed by atoms with Crippen molar-refractivity contribution in [2.24, 2.45) is 5.73 Å². The largest absolute Gasteiger partial charge is 0.497 e. The molecule has 0 saturated carbocycles. The van der Waals surface area contributed by atoms with Crippen molar-refractivity contribution in [3.05, 3.63) is 59.7 Å². The molecule has 9 heteroatoms. The van der Waals surface area contributed by atoms with Crippen molar-refractivity contribution in [2.45, 2.75) is 19.4 Å². The van der Waals surface area contributed by atoms with Gasteiger partial charge in [-0.2, -0.15) is 5.10 Å². The van der Waals surface area contributed by atoms with Gasteiger partial charge in [-0.25, -0.2) is 4.68 Å². The number of ether oxygens (including phenoxy) is 1. The number of carbonyl (C=O) groups excluding carboxylic acids is 3. The minimum absolute atomic E-state index is 0.0403. The van der Waals surface area contributed by atoms with Crippen LogP contribution in [-0.2, 0) is 9.59 Å². The molecule has 1 aliphatic rings. The van der Waals surface area contributed by atoms with Crippen molar-refractivity contribution in [1.29, 1.82) is 0 Å². The van der Waals surface area contributed by atoms with E-state index in [9.17, 15) is 14.4 Å². The molecule has 4 N–H and O–H groups in total. The fourth-order valence-corrected chi connectivity index (χ4v) is 3.51. The molecule has 1 aliphatic heterocycles. The van der Waals surface area contributed by atoms with Gasteiger partial charge < -0.3 is 21.1 Å². The molecule has 3 aromatic rings. The van der Waals surface area contributed by atoms with Crippen molar-refractivity contribution in [3.63, 3.8) is 0 Å². The Morgan fingerprint density at radius 2 is 1.84 bits per heavy atom. The molecule has 2 heterocycles. The Labute approximate surface area is 178 Å². The lowest BCUT2D eigenvalue weighted by Crippen LogP contribution is -2.35. The monoisotopic (exact) mass is 419 g/mol. The van der Waals surface area contributed by atoms with Crippen LogP contribution in [0.15, 0.2) is 48.5 Å². The number of nitrogens with two attached hydrogens (primary N) is 1. The third-order valence-electron chi connectivity index (χ3n) is 5.18. The summed E-state index contributed by atoms with van der Waals surface area (Å²) in [6.45, 7) is 1.85. The number of benzene rings is 2. The van der Waals surface area contributed by atoms with Crippen molar-refractivity contribution >= 4 is 29.2 Å². The molecule has 0 aliphatic carbocycles. The summed E-state index contributed by atoms with van der Waals surface area (Å²) in [5.74, 6) is 0.0156. The Kier molecular flexibility index (Phi) is 5.16. The van der Waals surface area contributed by atoms with E-state index < -0.39 is 11.9 Å². The summed E-state index contributed by atoms with van der Waals surface area (Å²) in [5, 5.41) is 10.2. The van der Waals surface area contributed by atoms with E-state index in [2.05, 4.69) is 15.7 Å². The SMILES string of the molecule is COc1ccc(-c2nn3c(c2C)NC(=O)C[C@H]3C(=O)Nc2ccc(C(N)=O)cc2)cc1. The minimum atomic E-state index is -0.815. The zero-order valence-corrected chi connectivity index (χ0v) is 17.0. The Morgan fingerprint density at radius 1 is 1.16 bits per heavy atom. The molecule has 0 fully saturated rings. The lowest BCUT2D eigenvalue weighted by atomic mass is 10.1. The smallest absolute Gasteiger partial charge is 0.249 e. The number of nitrogens with zero attached hydrogens (tertiary/aromatic N) is 2. The molecule has 9 nitrogen and oxygen atoms in total. The Morgan fingerprint density at radius 3 is 2.45 bits per heavy atom. The number of nitrogens with one attached hydrogen (secondary N) is 2. The molecule has 0 unspecified atom stereocenters. The first-order chi connectivity index (χ1) is 14.9. The van der Waals surface area contributed by atoms with Gasteiger partial charge in [0.15, 0.2) is 0 Å². The first-order valence-electron chi connectivity index (χ1n) is 9.61. The molecular weight excluding hydrogens is 398 g/mol. The van der Waals surface area contributed by atoms with Crippen LogP contribution in [0, 0.1) is 6.92 Å². The van der Waals surface area contributed by atoms with E-state index in [1.807, 2.05) is 31.2 Å². The number of hydrogen-bond acceptors (Lipinski definition) is 5. The quantitative estimate of drug-likeness (QED) is 0.585. The summed E-state index contributed by atoms with van der Waals surface area (Å²) in [7, 11) is 1.59. The standard InChI is InChI=1S/C22H21N5O4/c1-12-19(13-5-9-16(31-2)10-6-13)26-27-17(11-18(28)25-21(12)27)22(30)24-15-7-3-14(4-8-15)20(23)29/h3-10,17H,11H2,1-2H3,(H2,23,29)(H,24,30)(H,25,28)/t17-/m0/s1. The van der Waals surface area contributed by atoms with Crippen LogP contribution in [0.3, 0.4) is 0 Å². The number of primary amides is 1. The summed E-state index contributed by atoms with van der Waals surface area (Å²) < 4.78 is 6.74. The summed E-state index contributed by atoms with van der Waals surface area (Å²) in [5.41, 5.74) is 8.35. The lowest BCUT2D eigenvalue weighted by molar-refractivity contribution is -0.125. The van der Waals surface area contributed by atoms with Crippen molar-refractivity contribution in [3.8, 4) is 17.0 Å². The average molecular weight is 419 g/mol. The molecule has 0 radical (unpaired) electrons. The van der Waals surface area contributed by atoms with Crippen LogP contribution in [0.2, 0.25) is 0 Å². The molecule has 2 aromatic carbocycles. The van der Waals surface area contributed by atoms with Gasteiger partial charge in [0.05, 0.1) is 19.2 Å². The molecule has 4 rings (SSSR count). The molecule has 0 bridgehead atoms. The van der Waals surface area contributed by atoms with Crippen LogP contribution >= 0.6 is 0 Å². The van der Waals surface area contributed by atoms with E-state index >= 15 is 0 Å². The number of fused-ring (bicyclic) bond motifs is 1. The maximum atomic E-state index is 13.0. The first-order valence-corrected chi connectivity index (χ1v) is 9.61. The van der Waals surface area contributed by atoms with Gasteiger partial charge in [0.1, 0.15) is 17.6 Å². The van der Waals surface area contributed by atoms with E-state index in [1.54, 1.807) is 23.9 Å². The van der Waals surface area contributed by atoms with Crippen LogP contribution in [0.1, 0.15) is 28.4 Å². The number of aromatic nitrogens is 2. The Bertz CT molecular complexity index is 1170. The minimum Gasteiger partial charge on any atom is -0.497 e. The topological polar surface area (TPSA) is 128 Å². The molecule has 31 heavy (non-hydrogen) atoms. The van der Waals surface area contributed by atoms with Gasteiger partial charge >= 0.3 is 0 Å². The fourth-order valence-electron chi connectivity index (χ4n) is 3.51. The van der Waals surface area contributed by atoms with Crippen LogP contribution in [0.4, 0.5) is 11.5 Å². The van der Waals surface area contributed by atoms with Crippen LogP contribution in [0.5, 0.6) is 5.75 Å². The highest BCUT2D eigenvalue weighted by Gasteiger charge is 2.34. The predicted octanol–water partition coefficient (Wildman–Crippen LogP) is 2.49. The highest BCUT2D eigenvalue weighted by Crippen LogP contribution is 2.35. The zero-order chi connectivity index (χ0) is 22.1. The summed E-state index contributed by atoms with van der Waals surface area (Å²) in [6, 6.07) is 12.8. The van der Waals surface area contributed by atoms with Gasteiger partial charge in [-0.15, -0.1) is 0 Å². The number of methoxy groups -OCH3 is 1. The van der Waals surface area contributed by atoms with Gasteiger partial charge in [-0.05, 0) is 55.5 Å². The number of rotatable bonds is 5. The summed E-state index contributed by atoms with van der Waals surface area (Å²) in [4.78, 5) is 36.5. The predicted molar refractivity (Wildman–Crippen MR) is 115 cm³/mol. The Balaban J connectivity index is 1.64. The van der Waals surface area contributed by atoms with Crippen molar-refractivity contribution in [2.75, 3.05) is 17.7 Å². The summed E-state index contributed by atoms with van der Waals surface area (Å²) >= 11 is 0. The van der Waals surface area contributed by atoms with Crippen LogP contribution < -0.4 is 21.1 Å².